The molecule has 4 rings (SSSR count). The Labute approximate surface area is 154 Å². The second kappa shape index (κ2) is 5.68. The van der Waals surface area contributed by atoms with Crippen molar-refractivity contribution in [1.82, 2.24) is 10.3 Å². The number of rotatable bonds is 2. The third-order valence-electron chi connectivity index (χ3n) is 4.25. The lowest BCUT2D eigenvalue weighted by Crippen LogP contribution is -2.39. The molecule has 0 unspecified atom stereocenters. The number of nitrogens with one attached hydrogen (secondary N) is 2. The highest BCUT2D eigenvalue weighted by molar-refractivity contribution is 7.23. The second-order valence-electron chi connectivity index (χ2n) is 6.81. The van der Waals surface area contributed by atoms with E-state index < -0.39 is 0 Å². The lowest BCUT2D eigenvalue weighted by molar-refractivity contribution is -0.114. The maximum atomic E-state index is 11.8. The van der Waals surface area contributed by atoms with Crippen LogP contribution in [0.3, 0.4) is 0 Å². The number of para-hydroxylation sites is 1. The molecule has 2 N–H and O–H groups in total. The smallest absolute Gasteiger partial charge is 0.221 e. The van der Waals surface area contributed by atoms with E-state index in [9.17, 15) is 4.79 Å². The summed E-state index contributed by atoms with van der Waals surface area (Å²) in [5.74, 6) is -0.0643. The van der Waals surface area contributed by atoms with Crippen LogP contribution < -0.4 is 10.6 Å². The minimum Gasteiger partial charge on any atom is -0.379 e. The normalized spacial score (nSPS) is 15.7. The highest BCUT2D eigenvalue weighted by atomic mass is 32.1. The molecule has 0 spiro atoms. The van der Waals surface area contributed by atoms with Gasteiger partial charge in [-0.1, -0.05) is 18.7 Å². The summed E-state index contributed by atoms with van der Waals surface area (Å²) in [4.78, 5) is 17.8. The molecule has 0 saturated heterocycles. The van der Waals surface area contributed by atoms with E-state index in [4.69, 9.17) is 4.98 Å². The highest BCUT2D eigenvalue weighted by Gasteiger charge is 2.35. The Hall–Kier alpha value is -2.18. The van der Waals surface area contributed by atoms with E-state index in [0.717, 1.165) is 37.9 Å². The zero-order valence-corrected chi connectivity index (χ0v) is 16.0. The van der Waals surface area contributed by atoms with Crippen LogP contribution in [-0.2, 0) is 16.8 Å². The fourth-order valence-corrected chi connectivity index (χ4v) is 5.78. The summed E-state index contributed by atoms with van der Waals surface area (Å²) < 4.78 is 1.15. The van der Waals surface area contributed by atoms with Gasteiger partial charge in [0.25, 0.3) is 0 Å². The largest absolute Gasteiger partial charge is 0.379 e. The molecule has 128 valence electrons. The summed E-state index contributed by atoms with van der Waals surface area (Å²) >= 11 is 3.30. The highest BCUT2D eigenvalue weighted by Crippen LogP contribution is 2.49. The van der Waals surface area contributed by atoms with Crippen LogP contribution in [-0.4, -0.2) is 10.9 Å². The number of nitrogens with zero attached hydrogens (tertiary/aromatic N) is 1. The van der Waals surface area contributed by atoms with Gasteiger partial charge in [0.05, 0.1) is 15.8 Å². The number of thiazole rings is 1. The quantitative estimate of drug-likeness (QED) is 0.677. The van der Waals surface area contributed by atoms with Gasteiger partial charge in [0.2, 0.25) is 5.91 Å². The topological polar surface area (TPSA) is 54.0 Å². The van der Waals surface area contributed by atoms with Gasteiger partial charge in [-0.2, -0.15) is 0 Å². The van der Waals surface area contributed by atoms with Gasteiger partial charge in [0, 0.05) is 29.5 Å². The number of carbonyl (C=O) groups excluding carboxylic acids is 1. The molecule has 3 heterocycles. The third kappa shape index (κ3) is 2.75. The lowest BCUT2D eigenvalue weighted by atomic mass is 9.90. The summed E-state index contributed by atoms with van der Waals surface area (Å²) in [7, 11) is 0. The molecular formula is C19H19N3OS2. The van der Waals surface area contributed by atoms with Crippen molar-refractivity contribution < 1.29 is 4.79 Å². The number of thiophene rings is 1. The summed E-state index contributed by atoms with van der Waals surface area (Å²) in [6.45, 7) is 9.98. The number of benzene rings is 1. The van der Waals surface area contributed by atoms with Crippen LogP contribution in [0.4, 0.5) is 5.00 Å². The van der Waals surface area contributed by atoms with Crippen molar-refractivity contribution in [3.8, 4) is 10.6 Å². The van der Waals surface area contributed by atoms with Crippen molar-refractivity contribution in [2.75, 3.05) is 5.32 Å². The SMILES string of the molecule is C=C1Cc2c(sc(NC(C)=O)c2-c2nc3ccccc3s2)C(C)(C)N1. The molecule has 25 heavy (non-hydrogen) atoms. The van der Waals surface area contributed by atoms with Gasteiger partial charge in [0.15, 0.2) is 0 Å². The van der Waals surface area contributed by atoms with Crippen LogP contribution in [0, 0.1) is 0 Å². The van der Waals surface area contributed by atoms with Crippen molar-refractivity contribution in [3.05, 3.63) is 47.0 Å². The zero-order valence-electron chi connectivity index (χ0n) is 14.4. The van der Waals surface area contributed by atoms with Gasteiger partial charge >= 0.3 is 0 Å². The first-order valence-electron chi connectivity index (χ1n) is 8.11. The van der Waals surface area contributed by atoms with Gasteiger partial charge in [-0.15, -0.1) is 22.7 Å². The average molecular weight is 370 g/mol. The first-order chi connectivity index (χ1) is 11.8. The van der Waals surface area contributed by atoms with E-state index in [1.54, 1.807) is 29.6 Å². The fraction of sp³-hybridized carbons (Fsp3) is 0.263. The first-order valence-corrected chi connectivity index (χ1v) is 9.74. The van der Waals surface area contributed by atoms with Crippen molar-refractivity contribution in [2.24, 2.45) is 0 Å². The molecule has 0 bridgehead atoms. The van der Waals surface area contributed by atoms with Crippen LogP contribution in [0.1, 0.15) is 31.2 Å². The number of allylic oxidation sites excluding steroid dienone is 1. The molecule has 0 saturated carbocycles. The monoisotopic (exact) mass is 369 g/mol. The van der Waals surface area contributed by atoms with Gasteiger partial charge in [-0.3, -0.25) is 4.79 Å². The Morgan fingerprint density at radius 3 is 2.80 bits per heavy atom. The van der Waals surface area contributed by atoms with Crippen molar-refractivity contribution in [1.29, 1.82) is 0 Å². The van der Waals surface area contributed by atoms with E-state index in [2.05, 4.69) is 37.1 Å². The van der Waals surface area contributed by atoms with Gasteiger partial charge in [-0.25, -0.2) is 4.98 Å². The predicted octanol–water partition coefficient (Wildman–Crippen LogP) is 4.88. The predicted molar refractivity (Wildman–Crippen MR) is 106 cm³/mol. The molecule has 0 atom stereocenters. The average Bonchev–Trinajstić information content (AvgIpc) is 3.06. The molecule has 1 aromatic carbocycles. The van der Waals surface area contributed by atoms with E-state index in [-0.39, 0.29) is 11.4 Å². The molecule has 3 aromatic rings. The summed E-state index contributed by atoms with van der Waals surface area (Å²) in [6.07, 6.45) is 0.750. The molecule has 1 aliphatic rings. The van der Waals surface area contributed by atoms with Crippen LogP contribution in [0.5, 0.6) is 0 Å². The Bertz CT molecular complexity index is 980. The Kier molecular flexibility index (Phi) is 3.70. The van der Waals surface area contributed by atoms with Crippen LogP contribution in [0.2, 0.25) is 0 Å². The minimum absolute atomic E-state index is 0.0643. The number of anilines is 1. The number of hydrogen-bond donors (Lipinski definition) is 2. The molecule has 6 heteroatoms. The van der Waals surface area contributed by atoms with Crippen molar-refractivity contribution in [2.45, 2.75) is 32.7 Å². The molecule has 1 aliphatic heterocycles. The van der Waals surface area contributed by atoms with E-state index >= 15 is 0 Å². The van der Waals surface area contributed by atoms with Crippen LogP contribution >= 0.6 is 22.7 Å². The molecule has 0 aliphatic carbocycles. The van der Waals surface area contributed by atoms with Gasteiger partial charge in [-0.05, 0) is 31.5 Å². The number of hydrogen-bond acceptors (Lipinski definition) is 5. The standard InChI is InChI=1S/C19H19N3OS2/c1-10-9-12-15(18-21-13-7-5-6-8-14(13)24-18)17(20-11(2)23)25-16(12)19(3,4)22-10/h5-8,22H,1,9H2,2-4H3,(H,20,23). The molecule has 4 nitrogen and oxygen atoms in total. The maximum Gasteiger partial charge on any atom is 0.221 e. The minimum atomic E-state index is -0.211. The molecular weight excluding hydrogens is 350 g/mol. The van der Waals surface area contributed by atoms with E-state index in [0.29, 0.717) is 0 Å². The lowest BCUT2D eigenvalue weighted by Gasteiger charge is -2.33. The van der Waals surface area contributed by atoms with E-state index in [1.807, 2.05) is 18.2 Å². The maximum absolute atomic E-state index is 11.8. The van der Waals surface area contributed by atoms with Gasteiger partial charge < -0.3 is 10.6 Å². The van der Waals surface area contributed by atoms with Gasteiger partial charge in [0.1, 0.15) is 10.0 Å². The fourth-order valence-electron chi connectivity index (χ4n) is 3.35. The molecule has 1 amide bonds. The number of carbonyl (C=O) groups is 1. The third-order valence-corrected chi connectivity index (χ3v) is 6.78. The number of fused-ring (bicyclic) bond motifs is 2. The summed E-state index contributed by atoms with van der Waals surface area (Å²) in [6, 6.07) is 8.13. The molecule has 0 radical (unpaired) electrons. The summed E-state index contributed by atoms with van der Waals surface area (Å²) in [5.41, 5.74) is 4.04. The number of amides is 1. The Balaban J connectivity index is 1.97. The molecule has 2 aromatic heterocycles. The van der Waals surface area contributed by atoms with E-state index in [1.165, 1.54) is 10.4 Å². The van der Waals surface area contributed by atoms with Crippen molar-refractivity contribution >= 4 is 43.8 Å². The zero-order chi connectivity index (χ0) is 17.8. The van der Waals surface area contributed by atoms with Crippen LogP contribution in [0.15, 0.2) is 36.5 Å². The number of aromatic nitrogens is 1. The van der Waals surface area contributed by atoms with Crippen molar-refractivity contribution in [3.63, 3.8) is 0 Å². The second-order valence-corrected chi connectivity index (χ2v) is 8.86. The van der Waals surface area contributed by atoms with Crippen LogP contribution in [0.25, 0.3) is 20.8 Å². The first kappa shape index (κ1) is 16.3. The Morgan fingerprint density at radius 2 is 2.08 bits per heavy atom. The summed E-state index contributed by atoms with van der Waals surface area (Å²) in [5, 5.41) is 8.31. The molecule has 0 fully saturated rings. The Morgan fingerprint density at radius 1 is 1.32 bits per heavy atom.